The fourth-order valence-electron chi connectivity index (χ4n) is 6.67. The van der Waals surface area contributed by atoms with Gasteiger partial charge in [-0.15, -0.1) is 11.3 Å². The lowest BCUT2D eigenvalue weighted by atomic mass is 9.84. The third-order valence-electron chi connectivity index (χ3n) is 10.1. The molecule has 0 radical (unpaired) electrons. The Hall–Kier alpha value is -3.30. The maximum atomic E-state index is 14.5. The van der Waals surface area contributed by atoms with E-state index in [-0.39, 0.29) is 41.6 Å². The number of ketones is 1. The molecule has 1 saturated carbocycles. The Balaban J connectivity index is 1.87. The lowest BCUT2D eigenvalue weighted by Gasteiger charge is -2.39. The third kappa shape index (κ3) is 11.6. The van der Waals surface area contributed by atoms with E-state index in [2.05, 4.69) is 27.5 Å². The number of nitrogens with one attached hydrogen (secondary N) is 4. The van der Waals surface area contributed by atoms with Crippen LogP contribution in [0.15, 0.2) is 34.4 Å². The first kappa shape index (κ1) is 44.1. The average Bonchev–Trinajstić information content (AvgIpc) is 3.48. The van der Waals surface area contributed by atoms with E-state index in [1.54, 1.807) is 31.4 Å². The van der Waals surface area contributed by atoms with Crippen LogP contribution in [0.3, 0.4) is 0 Å². The molecule has 5 atom stereocenters. The highest BCUT2D eigenvalue weighted by Crippen LogP contribution is 2.36. The minimum absolute atomic E-state index is 0.00419. The number of nitrogens with zero attached hydrogens (tertiary/aromatic N) is 2. The molecule has 53 heavy (non-hydrogen) atoms. The van der Waals surface area contributed by atoms with Crippen molar-refractivity contribution in [3.8, 4) is 0 Å². The first-order valence-electron chi connectivity index (χ1n) is 18.7. The van der Waals surface area contributed by atoms with Gasteiger partial charge in [0.25, 0.3) is 15.8 Å². The van der Waals surface area contributed by atoms with Gasteiger partial charge >= 0.3 is 11.9 Å². The Labute approximate surface area is 320 Å². The maximum Gasteiger partial charge on any atom is 0.405 e. The molecule has 15 heteroatoms. The van der Waals surface area contributed by atoms with Crippen molar-refractivity contribution in [2.24, 2.45) is 28.6 Å². The molecular formula is C38H63N6O7S2+. The van der Waals surface area contributed by atoms with Gasteiger partial charge < -0.3 is 26.0 Å². The fourth-order valence-corrected chi connectivity index (χ4v) is 9.44. The zero-order valence-corrected chi connectivity index (χ0v) is 34.8. The van der Waals surface area contributed by atoms with Crippen molar-refractivity contribution in [1.29, 1.82) is 0 Å². The molecule has 2 heterocycles. The van der Waals surface area contributed by atoms with Crippen LogP contribution in [0.4, 0.5) is 4.79 Å². The Bertz CT molecular complexity index is 1590. The molecule has 1 aliphatic carbocycles. The molecule has 1 aromatic rings. The number of hydrogen-bond donors (Lipinski definition) is 5. The molecule has 5 N–H and O–H groups in total. The number of aliphatic hydroxyl groups excluding tert-OH is 1. The number of urea groups is 1. The summed E-state index contributed by atoms with van der Waals surface area (Å²) in [5.74, 6) is -2.00. The quantitative estimate of drug-likeness (QED) is 0.0916. The van der Waals surface area contributed by atoms with E-state index in [1.807, 2.05) is 55.4 Å². The number of rotatable bonds is 17. The van der Waals surface area contributed by atoms with Crippen molar-refractivity contribution < 1.29 is 37.7 Å². The number of sulfonamides is 1. The SMILES string of the molecule is C=CC[NH+]=C(O)C(=O)C(CC1CC1)NC(=O)[C@@H]1[C@@H](C(C)C)CCN1C(=O)[C@@H](NC(=O)N[C@H](CN(C(C)C)S(=O)(=O)c1cccs1)C(C)(C)C)C(C)(C)C. The summed E-state index contributed by atoms with van der Waals surface area (Å²) in [6.45, 7) is 22.8. The number of likely N-dealkylation sites (tertiary alicyclic amines) is 1. The van der Waals surface area contributed by atoms with Gasteiger partial charge in [0, 0.05) is 25.2 Å². The number of aliphatic hydroxyl groups is 1. The predicted octanol–water partition coefficient (Wildman–Crippen LogP) is 3.23. The molecule has 4 amide bonds. The summed E-state index contributed by atoms with van der Waals surface area (Å²) in [4.78, 5) is 60.0. The number of carbonyl (C=O) groups excluding carboxylic acids is 4. The van der Waals surface area contributed by atoms with Crippen molar-refractivity contribution in [2.75, 3.05) is 19.6 Å². The van der Waals surface area contributed by atoms with E-state index in [4.69, 9.17) is 0 Å². The Morgan fingerprint density at radius 1 is 1.04 bits per heavy atom. The molecule has 0 aromatic carbocycles. The predicted molar refractivity (Wildman–Crippen MR) is 208 cm³/mol. The van der Waals surface area contributed by atoms with E-state index < -0.39 is 80.6 Å². The molecule has 1 aliphatic heterocycles. The smallest absolute Gasteiger partial charge is 0.405 e. The number of Topliss-reactive ketones (excluding diaryl/α,β-unsaturated/α-hetero) is 1. The molecule has 1 unspecified atom stereocenters. The van der Waals surface area contributed by atoms with E-state index in [1.165, 1.54) is 15.3 Å². The first-order chi connectivity index (χ1) is 24.5. The van der Waals surface area contributed by atoms with Crippen LogP contribution in [0.5, 0.6) is 0 Å². The van der Waals surface area contributed by atoms with Gasteiger partial charge in [-0.05, 0) is 72.8 Å². The van der Waals surface area contributed by atoms with E-state index in [0.29, 0.717) is 12.8 Å². The van der Waals surface area contributed by atoms with E-state index in [0.717, 1.165) is 24.2 Å². The van der Waals surface area contributed by atoms with Gasteiger partial charge in [0.2, 0.25) is 11.8 Å². The van der Waals surface area contributed by atoms with Gasteiger partial charge in [0.1, 0.15) is 22.3 Å². The minimum Gasteiger partial charge on any atom is -0.457 e. The van der Waals surface area contributed by atoms with Crippen LogP contribution in [0.25, 0.3) is 0 Å². The molecule has 3 rings (SSSR count). The lowest BCUT2D eigenvalue weighted by molar-refractivity contribution is -0.452. The van der Waals surface area contributed by atoms with Crippen molar-refractivity contribution in [1.82, 2.24) is 25.2 Å². The second-order valence-corrected chi connectivity index (χ2v) is 20.3. The third-order valence-corrected chi connectivity index (χ3v) is 13.5. The largest absolute Gasteiger partial charge is 0.457 e. The summed E-state index contributed by atoms with van der Waals surface area (Å²) >= 11 is 1.13. The summed E-state index contributed by atoms with van der Waals surface area (Å²) in [5.41, 5.74) is -1.35. The molecule has 1 saturated heterocycles. The van der Waals surface area contributed by atoms with Crippen LogP contribution >= 0.6 is 11.3 Å². The molecule has 0 bridgehead atoms. The molecule has 13 nitrogen and oxygen atoms in total. The van der Waals surface area contributed by atoms with Crippen LogP contribution in [0.1, 0.15) is 94.9 Å². The number of thiophene rings is 1. The van der Waals surface area contributed by atoms with Gasteiger partial charge in [-0.25, -0.2) is 18.2 Å². The molecule has 1 aromatic heterocycles. The molecular weight excluding hydrogens is 717 g/mol. The molecule has 298 valence electrons. The van der Waals surface area contributed by atoms with Crippen molar-refractivity contribution in [2.45, 2.75) is 129 Å². The molecule has 0 spiro atoms. The maximum absolute atomic E-state index is 14.5. The van der Waals surface area contributed by atoms with Crippen LogP contribution < -0.4 is 20.9 Å². The fraction of sp³-hybridized carbons (Fsp3) is 0.711. The van der Waals surface area contributed by atoms with Crippen LogP contribution in [-0.4, -0.2) is 102 Å². The van der Waals surface area contributed by atoms with Gasteiger partial charge in [-0.3, -0.25) is 14.4 Å². The summed E-state index contributed by atoms with van der Waals surface area (Å²) in [6, 6.07) is -1.34. The van der Waals surface area contributed by atoms with E-state index >= 15 is 0 Å². The van der Waals surface area contributed by atoms with Gasteiger partial charge in [0.05, 0.1) is 0 Å². The minimum atomic E-state index is -3.83. The number of carbonyl (C=O) groups is 4. The van der Waals surface area contributed by atoms with Crippen molar-refractivity contribution in [3.63, 3.8) is 0 Å². The van der Waals surface area contributed by atoms with Crippen LogP contribution in [0.2, 0.25) is 0 Å². The van der Waals surface area contributed by atoms with Gasteiger partial charge in [-0.2, -0.15) is 4.31 Å². The average molecular weight is 780 g/mol. The van der Waals surface area contributed by atoms with Gasteiger partial charge in [0.15, 0.2) is 6.54 Å². The Morgan fingerprint density at radius 2 is 1.68 bits per heavy atom. The normalized spacial score (nSPS) is 20.3. The summed E-state index contributed by atoms with van der Waals surface area (Å²) in [6.07, 6.45) is 4.30. The van der Waals surface area contributed by atoms with Crippen molar-refractivity contribution >= 4 is 50.9 Å². The van der Waals surface area contributed by atoms with E-state index in [9.17, 15) is 32.7 Å². The summed E-state index contributed by atoms with van der Waals surface area (Å²) < 4.78 is 28.8. The molecule has 2 aliphatic rings. The topological polar surface area (TPSA) is 179 Å². The molecule has 2 fully saturated rings. The zero-order chi connectivity index (χ0) is 40.1. The highest BCUT2D eigenvalue weighted by Gasteiger charge is 2.48. The lowest BCUT2D eigenvalue weighted by Crippen LogP contribution is -2.75. The zero-order valence-electron chi connectivity index (χ0n) is 33.2. The van der Waals surface area contributed by atoms with Crippen molar-refractivity contribution in [3.05, 3.63) is 30.2 Å². The Morgan fingerprint density at radius 3 is 2.17 bits per heavy atom. The first-order valence-corrected chi connectivity index (χ1v) is 21.0. The highest BCUT2D eigenvalue weighted by molar-refractivity contribution is 7.91. The van der Waals surface area contributed by atoms with Crippen LogP contribution in [0, 0.1) is 28.6 Å². The Kier molecular flexibility index (Phi) is 14.9. The van der Waals surface area contributed by atoms with Crippen LogP contribution in [-0.2, 0) is 24.4 Å². The second kappa shape index (κ2) is 17.9. The number of amides is 4. The standard InChI is InChI=1S/C38H62N6O7S2/c1-12-18-39-34(47)31(45)27(21-25-15-16-25)40-33(46)30-26(23(2)3)17-19-43(30)35(48)32(38(9,10)11)42-36(49)41-28(37(6,7)8)22-44(24(4)5)53(50,51)29-14-13-20-52-29/h12-14,20,23-28,30,32H,1,15-19,21-22H2,2-11H3,(H,39,47)(H,40,46)(H2,41,42,49)/p+1/t26-,27?,28-,30+,32-/m1/s1. The summed E-state index contributed by atoms with van der Waals surface area (Å²) in [7, 11) is -3.83. The second-order valence-electron chi connectivity index (χ2n) is 17.2. The van der Waals surface area contributed by atoms with Gasteiger partial charge in [-0.1, -0.05) is 80.9 Å². The highest BCUT2D eigenvalue weighted by atomic mass is 32.2. The summed E-state index contributed by atoms with van der Waals surface area (Å²) in [5, 5.41) is 20.9. The monoisotopic (exact) mass is 779 g/mol. The number of hydrogen-bond acceptors (Lipinski definition) is 7.